The van der Waals surface area contributed by atoms with Crippen molar-refractivity contribution in [1.82, 2.24) is 0 Å². The molecule has 0 amide bonds. The van der Waals surface area contributed by atoms with Crippen LogP contribution in [-0.2, 0) is 0 Å². The highest BCUT2D eigenvalue weighted by Gasteiger charge is 2.50. The first kappa shape index (κ1) is 13.2. The highest BCUT2D eigenvalue weighted by Crippen LogP contribution is 2.59. The Labute approximate surface area is 116 Å². The lowest BCUT2D eigenvalue weighted by molar-refractivity contribution is 0.0534. The van der Waals surface area contributed by atoms with Gasteiger partial charge in [-0.15, -0.1) is 0 Å². The minimum Gasteiger partial charge on any atom is -0.0710 e. The molecule has 103 valence electrons. The van der Waals surface area contributed by atoms with Crippen molar-refractivity contribution in [3.8, 4) is 0 Å². The third-order valence-electron chi connectivity index (χ3n) is 6.66. The van der Waals surface area contributed by atoms with Gasteiger partial charge in [0.2, 0.25) is 0 Å². The van der Waals surface area contributed by atoms with Gasteiger partial charge in [-0.3, -0.25) is 0 Å². The van der Waals surface area contributed by atoms with Crippen molar-refractivity contribution in [2.45, 2.75) is 71.0 Å². The van der Waals surface area contributed by atoms with Crippen molar-refractivity contribution in [3.05, 3.63) is 0 Å². The molecule has 0 bridgehead atoms. The van der Waals surface area contributed by atoms with E-state index in [1.807, 2.05) is 0 Å². The Morgan fingerprint density at radius 2 is 1.50 bits per heavy atom. The maximum absolute atomic E-state index is 2.57. The van der Waals surface area contributed by atoms with Gasteiger partial charge < -0.3 is 0 Å². The highest BCUT2D eigenvalue weighted by atomic mass is 28.3. The topological polar surface area (TPSA) is 0 Å². The summed E-state index contributed by atoms with van der Waals surface area (Å²) in [5, 5.41) is 0. The Kier molecular flexibility index (Phi) is 3.64. The lowest BCUT2D eigenvalue weighted by atomic mass is 9.61. The van der Waals surface area contributed by atoms with E-state index in [1.165, 1.54) is 6.42 Å². The van der Waals surface area contributed by atoms with Crippen molar-refractivity contribution < 1.29 is 0 Å². The predicted octanol–water partition coefficient (Wildman–Crippen LogP) is 5.23. The van der Waals surface area contributed by atoms with Crippen LogP contribution in [0.4, 0.5) is 0 Å². The molecule has 3 saturated carbocycles. The van der Waals surface area contributed by atoms with Gasteiger partial charge in [-0.2, -0.15) is 0 Å². The number of rotatable bonds is 1. The maximum Gasteiger partial charge on any atom is 0.0451 e. The number of hydrogen-bond donors (Lipinski definition) is 0. The second-order valence-corrected chi connectivity index (χ2v) is 10.9. The van der Waals surface area contributed by atoms with E-state index < -0.39 is 0 Å². The Bertz CT molecular complexity index is 298. The first-order valence-corrected chi connectivity index (χ1v) is 11.0. The molecule has 0 aliphatic heterocycles. The van der Waals surface area contributed by atoms with Gasteiger partial charge in [-0.05, 0) is 73.2 Å². The summed E-state index contributed by atoms with van der Waals surface area (Å²) < 4.78 is 0. The minimum atomic E-state index is -0.0774. The molecule has 0 spiro atoms. The van der Waals surface area contributed by atoms with Crippen molar-refractivity contribution >= 4 is 8.80 Å². The van der Waals surface area contributed by atoms with Crippen LogP contribution < -0.4 is 0 Å². The van der Waals surface area contributed by atoms with Crippen LogP contribution in [0.3, 0.4) is 0 Å². The van der Waals surface area contributed by atoms with Crippen LogP contribution >= 0.6 is 0 Å². The maximum atomic E-state index is 2.57. The van der Waals surface area contributed by atoms with Crippen LogP contribution in [0, 0.1) is 35.5 Å². The summed E-state index contributed by atoms with van der Waals surface area (Å²) in [4.78, 5) is 0. The first-order valence-electron chi connectivity index (χ1n) is 8.38. The average molecular weight is 264 g/mol. The normalized spacial score (nSPS) is 52.2. The molecule has 0 heterocycles. The molecule has 0 aromatic heterocycles. The van der Waals surface area contributed by atoms with Gasteiger partial charge in [0.15, 0.2) is 0 Å². The zero-order valence-electron chi connectivity index (χ0n) is 12.8. The molecule has 18 heavy (non-hydrogen) atoms. The molecule has 0 N–H and O–H groups in total. The smallest absolute Gasteiger partial charge is 0.0451 e. The van der Waals surface area contributed by atoms with Crippen molar-refractivity contribution in [1.29, 1.82) is 0 Å². The van der Waals surface area contributed by atoms with Gasteiger partial charge in [0, 0.05) is 8.80 Å². The van der Waals surface area contributed by atoms with Gasteiger partial charge in [-0.1, -0.05) is 33.4 Å². The lowest BCUT2D eigenvalue weighted by Crippen LogP contribution is -2.37. The summed E-state index contributed by atoms with van der Waals surface area (Å²) in [5.74, 6) is 6.59. The zero-order chi connectivity index (χ0) is 12.9. The first-order chi connectivity index (χ1) is 8.58. The molecule has 0 saturated heterocycles. The Morgan fingerprint density at radius 1 is 0.778 bits per heavy atom. The molecule has 7 unspecified atom stereocenters. The Hall–Kier alpha value is 0.217. The van der Waals surface area contributed by atoms with Crippen molar-refractivity contribution in [2.75, 3.05) is 0 Å². The molecule has 3 aliphatic rings. The Balaban J connectivity index is 1.77. The molecule has 3 fully saturated rings. The molecule has 3 aliphatic carbocycles. The van der Waals surface area contributed by atoms with Crippen LogP contribution in [0.15, 0.2) is 0 Å². The van der Waals surface area contributed by atoms with E-state index >= 15 is 0 Å². The fourth-order valence-corrected chi connectivity index (χ4v) is 8.69. The third-order valence-corrected chi connectivity index (χ3v) is 8.99. The van der Waals surface area contributed by atoms with Gasteiger partial charge in [0.25, 0.3) is 0 Å². The van der Waals surface area contributed by atoms with Gasteiger partial charge >= 0.3 is 0 Å². The largest absolute Gasteiger partial charge is 0.0710 e. The molecule has 3 rings (SSSR count). The summed E-state index contributed by atoms with van der Waals surface area (Å²) in [7, 11) is -0.0774. The average Bonchev–Trinajstić information content (AvgIpc) is 2.64. The third kappa shape index (κ3) is 2.11. The summed E-state index contributed by atoms with van der Waals surface area (Å²) in [5.41, 5.74) is 1.14. The quantitative estimate of drug-likeness (QED) is 0.568. The zero-order valence-corrected chi connectivity index (χ0v) is 13.8. The van der Waals surface area contributed by atoms with E-state index in [2.05, 4.69) is 26.9 Å². The fourth-order valence-electron chi connectivity index (χ4n) is 6.15. The monoisotopic (exact) mass is 263 g/mol. The molecule has 0 aromatic rings. The van der Waals surface area contributed by atoms with Crippen LogP contribution in [0.25, 0.3) is 0 Å². The lowest BCUT2D eigenvalue weighted by Gasteiger charge is -2.46. The van der Waals surface area contributed by atoms with Gasteiger partial charge in [0.1, 0.15) is 0 Å². The van der Waals surface area contributed by atoms with E-state index in [-0.39, 0.29) is 8.80 Å². The minimum absolute atomic E-state index is 0.0774. The second kappa shape index (κ2) is 4.96. The molecule has 1 radical (unpaired) electrons. The summed E-state index contributed by atoms with van der Waals surface area (Å²) in [6, 6.07) is 0. The van der Waals surface area contributed by atoms with E-state index in [4.69, 9.17) is 0 Å². The van der Waals surface area contributed by atoms with Crippen LogP contribution in [0.2, 0.25) is 18.6 Å². The van der Waals surface area contributed by atoms with E-state index in [1.54, 1.807) is 32.1 Å². The molecule has 0 nitrogen and oxygen atoms in total. The predicted molar refractivity (Wildman–Crippen MR) is 81.2 cm³/mol. The van der Waals surface area contributed by atoms with Crippen LogP contribution in [-0.4, -0.2) is 8.80 Å². The fraction of sp³-hybridized carbons (Fsp3) is 1.00. The van der Waals surface area contributed by atoms with Crippen molar-refractivity contribution in [2.24, 2.45) is 35.5 Å². The van der Waals surface area contributed by atoms with E-state index in [9.17, 15) is 0 Å². The Morgan fingerprint density at radius 3 is 2.22 bits per heavy atom. The molecular formula is C17H31Si. The molecule has 1 heteroatoms. The van der Waals surface area contributed by atoms with E-state index in [0.29, 0.717) is 0 Å². The highest BCUT2D eigenvalue weighted by molar-refractivity contribution is 6.57. The molecule has 0 aromatic carbocycles. The molecule has 7 atom stereocenters. The van der Waals surface area contributed by atoms with Crippen molar-refractivity contribution in [3.63, 3.8) is 0 Å². The van der Waals surface area contributed by atoms with Gasteiger partial charge in [0.05, 0.1) is 0 Å². The summed E-state index contributed by atoms with van der Waals surface area (Å²) >= 11 is 0. The summed E-state index contributed by atoms with van der Waals surface area (Å²) in [6.45, 7) is 10.2. The SMILES string of the molecule is CC1CCC2C(CCC3C2CC(C)C3[Si](C)C)C1. The standard InChI is InChI=1S/C17H31Si/c1-11-5-7-14-13(9-11)6-8-15-16(14)10-12(2)17(15)18(3)4/h11-17H,5-10H2,1-4H3. The van der Waals surface area contributed by atoms with Gasteiger partial charge in [-0.25, -0.2) is 0 Å². The molecular weight excluding hydrogens is 232 g/mol. The summed E-state index contributed by atoms with van der Waals surface area (Å²) in [6.07, 6.45) is 9.41. The number of hydrogen-bond acceptors (Lipinski definition) is 0. The number of fused-ring (bicyclic) bond motifs is 3. The van der Waals surface area contributed by atoms with Crippen LogP contribution in [0.1, 0.15) is 52.4 Å². The second-order valence-electron chi connectivity index (χ2n) is 8.06. The van der Waals surface area contributed by atoms with E-state index in [0.717, 1.165) is 41.0 Å². The van der Waals surface area contributed by atoms with Crippen LogP contribution in [0.5, 0.6) is 0 Å².